The number of nitrogens with one attached hydrogen (secondary N) is 1. The number of piperidine rings is 1. The summed E-state index contributed by atoms with van der Waals surface area (Å²) in [5, 5.41) is 3.13. The molecule has 1 heterocycles. The van der Waals surface area contributed by atoms with E-state index < -0.39 is 0 Å². The third-order valence-electron chi connectivity index (χ3n) is 5.78. The lowest BCUT2D eigenvalue weighted by Gasteiger charge is -2.33. The van der Waals surface area contributed by atoms with Crippen LogP contribution >= 0.6 is 0 Å². The normalized spacial score (nSPS) is 18.8. The van der Waals surface area contributed by atoms with Crippen LogP contribution < -0.4 is 5.32 Å². The fourth-order valence-electron chi connectivity index (χ4n) is 4.08. The fraction of sp³-hybridized carbons (Fsp3) is 0.619. The predicted octanol–water partition coefficient (Wildman–Crippen LogP) is 3.14. The van der Waals surface area contributed by atoms with Gasteiger partial charge in [-0.25, -0.2) is 4.79 Å². The Hall–Kier alpha value is -2.04. The Morgan fingerprint density at radius 2 is 1.77 bits per heavy atom. The molecule has 3 rings (SSSR count). The zero-order chi connectivity index (χ0) is 18.7. The van der Waals surface area contributed by atoms with Gasteiger partial charge in [0.1, 0.15) is 0 Å². The summed E-state index contributed by atoms with van der Waals surface area (Å²) in [6.45, 7) is 3.34. The van der Waals surface area contributed by atoms with Gasteiger partial charge >= 0.3 is 6.03 Å². The highest BCUT2D eigenvalue weighted by Gasteiger charge is 2.28. The van der Waals surface area contributed by atoms with Crippen LogP contribution in [-0.2, 0) is 17.6 Å². The minimum absolute atomic E-state index is 0.00384. The van der Waals surface area contributed by atoms with E-state index in [1.165, 1.54) is 36.0 Å². The van der Waals surface area contributed by atoms with Crippen molar-refractivity contribution in [3.05, 3.63) is 34.9 Å². The summed E-state index contributed by atoms with van der Waals surface area (Å²) in [6.07, 6.45) is 6.37. The van der Waals surface area contributed by atoms with E-state index in [0.29, 0.717) is 13.1 Å². The van der Waals surface area contributed by atoms with Crippen molar-refractivity contribution < 1.29 is 9.59 Å². The minimum Gasteiger partial charge on any atom is -0.349 e. The van der Waals surface area contributed by atoms with E-state index in [-0.39, 0.29) is 23.9 Å². The van der Waals surface area contributed by atoms with Crippen LogP contribution in [-0.4, -0.2) is 48.9 Å². The Morgan fingerprint density at radius 3 is 2.42 bits per heavy atom. The molecule has 26 heavy (non-hydrogen) atoms. The molecule has 1 saturated heterocycles. The number of hydrogen-bond donors (Lipinski definition) is 1. The van der Waals surface area contributed by atoms with Crippen LogP contribution in [0.15, 0.2) is 18.2 Å². The Bertz CT molecular complexity index is 663. The number of rotatable bonds is 3. The van der Waals surface area contributed by atoms with Gasteiger partial charge in [-0.15, -0.1) is 0 Å². The van der Waals surface area contributed by atoms with Crippen molar-refractivity contribution in [2.75, 3.05) is 27.2 Å². The second-order valence-electron chi connectivity index (χ2n) is 7.90. The number of aryl methyl sites for hydroxylation is 2. The van der Waals surface area contributed by atoms with Gasteiger partial charge in [0.15, 0.2) is 0 Å². The van der Waals surface area contributed by atoms with Gasteiger partial charge in [0, 0.05) is 33.1 Å². The van der Waals surface area contributed by atoms with E-state index >= 15 is 0 Å². The predicted molar refractivity (Wildman–Crippen MR) is 103 cm³/mol. The topological polar surface area (TPSA) is 52.7 Å². The number of likely N-dealkylation sites (tertiary alicyclic amines) is 1. The van der Waals surface area contributed by atoms with E-state index in [1.807, 2.05) is 11.8 Å². The SMILES string of the molecule is CC(NC(=O)N1CCC(C(=O)N(C)C)CC1)c1ccc2c(c1)CCCC2. The monoisotopic (exact) mass is 357 g/mol. The molecule has 0 bridgehead atoms. The summed E-state index contributed by atoms with van der Waals surface area (Å²) in [7, 11) is 3.59. The van der Waals surface area contributed by atoms with Crippen LogP contribution in [0.5, 0.6) is 0 Å². The lowest BCUT2D eigenvalue weighted by Crippen LogP contribution is -2.47. The molecule has 0 aromatic heterocycles. The van der Waals surface area contributed by atoms with Crippen molar-refractivity contribution in [3.63, 3.8) is 0 Å². The number of carbonyl (C=O) groups is 2. The first-order valence-corrected chi connectivity index (χ1v) is 9.84. The quantitative estimate of drug-likeness (QED) is 0.903. The van der Waals surface area contributed by atoms with Gasteiger partial charge < -0.3 is 15.1 Å². The second-order valence-corrected chi connectivity index (χ2v) is 7.90. The van der Waals surface area contributed by atoms with Crippen LogP contribution in [0, 0.1) is 5.92 Å². The summed E-state index contributed by atoms with van der Waals surface area (Å²) in [4.78, 5) is 28.2. The van der Waals surface area contributed by atoms with Gasteiger partial charge in [0.25, 0.3) is 0 Å². The zero-order valence-electron chi connectivity index (χ0n) is 16.3. The molecule has 1 aromatic carbocycles. The highest BCUT2D eigenvalue weighted by Crippen LogP contribution is 2.25. The molecular weight excluding hydrogens is 326 g/mol. The molecule has 2 aliphatic rings. The molecule has 5 nitrogen and oxygen atoms in total. The third-order valence-corrected chi connectivity index (χ3v) is 5.78. The Morgan fingerprint density at radius 1 is 1.12 bits per heavy atom. The number of benzene rings is 1. The number of urea groups is 1. The number of hydrogen-bond acceptors (Lipinski definition) is 2. The van der Waals surface area contributed by atoms with E-state index in [4.69, 9.17) is 0 Å². The average Bonchev–Trinajstić information content (AvgIpc) is 2.67. The van der Waals surface area contributed by atoms with Crippen LogP contribution in [0.3, 0.4) is 0 Å². The molecule has 1 fully saturated rings. The maximum atomic E-state index is 12.6. The van der Waals surface area contributed by atoms with Crippen molar-refractivity contribution in [2.45, 2.75) is 51.5 Å². The molecule has 0 saturated carbocycles. The molecule has 142 valence electrons. The number of carbonyl (C=O) groups excluding carboxylic acids is 2. The highest BCUT2D eigenvalue weighted by molar-refractivity contribution is 5.79. The first-order chi connectivity index (χ1) is 12.5. The second kappa shape index (κ2) is 8.11. The van der Waals surface area contributed by atoms with E-state index in [0.717, 1.165) is 19.3 Å². The first-order valence-electron chi connectivity index (χ1n) is 9.84. The highest BCUT2D eigenvalue weighted by atomic mass is 16.2. The molecule has 1 atom stereocenters. The molecule has 0 spiro atoms. The summed E-state index contributed by atoms with van der Waals surface area (Å²) in [5.74, 6) is 0.222. The smallest absolute Gasteiger partial charge is 0.317 e. The number of fused-ring (bicyclic) bond motifs is 1. The minimum atomic E-state index is -0.0222. The Labute approximate surface area is 156 Å². The molecule has 1 aromatic rings. The van der Waals surface area contributed by atoms with Gasteiger partial charge in [-0.2, -0.15) is 0 Å². The van der Waals surface area contributed by atoms with Crippen molar-refractivity contribution >= 4 is 11.9 Å². The summed E-state index contributed by atoms with van der Waals surface area (Å²) >= 11 is 0. The molecular formula is C21H31N3O2. The van der Waals surface area contributed by atoms with E-state index in [1.54, 1.807) is 19.0 Å². The molecule has 3 amide bonds. The van der Waals surface area contributed by atoms with Gasteiger partial charge in [0.05, 0.1) is 6.04 Å². The molecule has 5 heteroatoms. The Kier molecular flexibility index (Phi) is 5.84. The van der Waals surface area contributed by atoms with Crippen molar-refractivity contribution in [2.24, 2.45) is 5.92 Å². The molecule has 1 aliphatic heterocycles. The lowest BCUT2D eigenvalue weighted by atomic mass is 9.89. The van der Waals surface area contributed by atoms with Crippen molar-refractivity contribution in [1.82, 2.24) is 15.1 Å². The number of amides is 3. The maximum absolute atomic E-state index is 12.6. The molecule has 1 N–H and O–H groups in total. The number of nitrogens with zero attached hydrogens (tertiary/aromatic N) is 2. The summed E-state index contributed by atoms with van der Waals surface area (Å²) < 4.78 is 0. The molecule has 1 unspecified atom stereocenters. The van der Waals surface area contributed by atoms with Crippen LogP contribution in [0.25, 0.3) is 0 Å². The average molecular weight is 357 g/mol. The summed E-state index contributed by atoms with van der Waals surface area (Å²) in [5.41, 5.74) is 4.08. The molecule has 1 aliphatic carbocycles. The Balaban J connectivity index is 1.54. The van der Waals surface area contributed by atoms with Gasteiger partial charge in [-0.05, 0) is 62.1 Å². The standard InChI is InChI=1S/C21H31N3O2/c1-15(18-9-8-16-6-4-5-7-19(16)14-18)22-21(26)24-12-10-17(11-13-24)20(25)23(2)3/h8-9,14-15,17H,4-7,10-13H2,1-3H3,(H,22,26). The summed E-state index contributed by atoms with van der Waals surface area (Å²) in [6, 6.07) is 6.62. The first kappa shape index (κ1) is 18.7. The van der Waals surface area contributed by atoms with E-state index in [2.05, 4.69) is 23.5 Å². The molecule has 0 radical (unpaired) electrons. The maximum Gasteiger partial charge on any atom is 0.317 e. The van der Waals surface area contributed by atoms with Crippen molar-refractivity contribution in [1.29, 1.82) is 0 Å². The van der Waals surface area contributed by atoms with Gasteiger partial charge in [0.2, 0.25) is 5.91 Å². The van der Waals surface area contributed by atoms with Crippen LogP contribution in [0.1, 0.15) is 55.3 Å². The largest absolute Gasteiger partial charge is 0.349 e. The third kappa shape index (κ3) is 4.19. The lowest BCUT2D eigenvalue weighted by molar-refractivity contribution is -0.134. The fourth-order valence-corrected chi connectivity index (χ4v) is 4.08. The van der Waals surface area contributed by atoms with Crippen LogP contribution in [0.2, 0.25) is 0 Å². The zero-order valence-corrected chi connectivity index (χ0v) is 16.3. The van der Waals surface area contributed by atoms with Crippen molar-refractivity contribution in [3.8, 4) is 0 Å². The van der Waals surface area contributed by atoms with Gasteiger partial charge in [-0.3, -0.25) is 4.79 Å². The van der Waals surface area contributed by atoms with E-state index in [9.17, 15) is 9.59 Å². The van der Waals surface area contributed by atoms with Gasteiger partial charge in [-0.1, -0.05) is 18.2 Å². The van der Waals surface area contributed by atoms with Crippen LogP contribution in [0.4, 0.5) is 4.79 Å².